The first-order valence-corrected chi connectivity index (χ1v) is 9.30. The molecule has 0 aliphatic carbocycles. The average molecular weight is 407 g/mol. The molecule has 1 aliphatic rings. The number of nitro benzene ring substituents is 1. The van der Waals surface area contributed by atoms with Gasteiger partial charge in [0.1, 0.15) is 6.04 Å². The molecular weight excluding hydrogens is 390 g/mol. The molecule has 2 heterocycles. The zero-order valence-corrected chi connectivity index (χ0v) is 16.0. The van der Waals surface area contributed by atoms with Gasteiger partial charge in [0, 0.05) is 30.1 Å². The smallest absolute Gasteiger partial charge is 0.329 e. The van der Waals surface area contributed by atoms with Crippen molar-refractivity contribution in [2.75, 3.05) is 6.61 Å². The molecule has 152 valence electrons. The van der Waals surface area contributed by atoms with Crippen LogP contribution in [0.3, 0.4) is 0 Å². The fourth-order valence-corrected chi connectivity index (χ4v) is 3.67. The number of rotatable bonds is 6. The Balaban J connectivity index is 1.72. The van der Waals surface area contributed by atoms with Crippen molar-refractivity contribution in [2.24, 2.45) is 0 Å². The number of nitrogens with zero attached hydrogens (tertiary/aromatic N) is 2. The van der Waals surface area contributed by atoms with Crippen molar-refractivity contribution < 1.29 is 24.0 Å². The molecule has 0 unspecified atom stereocenters. The molecule has 0 saturated carbocycles. The molecule has 1 N–H and O–H groups in total. The Kier molecular flexibility index (Phi) is 4.78. The number of hydrogen-bond acceptors (Lipinski definition) is 6. The molecule has 0 spiro atoms. The molecule has 1 atom stereocenters. The van der Waals surface area contributed by atoms with E-state index < -0.39 is 28.7 Å². The molecule has 2 aromatic carbocycles. The fourth-order valence-electron chi connectivity index (χ4n) is 3.67. The maximum absolute atomic E-state index is 12.9. The lowest BCUT2D eigenvalue weighted by atomic mass is 10.0. The summed E-state index contributed by atoms with van der Waals surface area (Å²) in [5.41, 5.74) is 1.56. The number of carbonyl (C=O) groups is 3. The minimum absolute atomic E-state index is 0.0160. The van der Waals surface area contributed by atoms with Crippen LogP contribution >= 0.6 is 0 Å². The monoisotopic (exact) mass is 407 g/mol. The number of aromatic nitrogens is 1. The van der Waals surface area contributed by atoms with Crippen LogP contribution in [0, 0.1) is 10.1 Å². The lowest BCUT2D eigenvalue weighted by Crippen LogP contribution is -2.47. The second kappa shape index (κ2) is 7.43. The minimum atomic E-state index is -1.16. The van der Waals surface area contributed by atoms with Crippen molar-refractivity contribution in [3.05, 3.63) is 75.5 Å². The van der Waals surface area contributed by atoms with Crippen LogP contribution in [0.4, 0.5) is 5.69 Å². The quantitative estimate of drug-likeness (QED) is 0.290. The molecule has 2 amide bonds. The van der Waals surface area contributed by atoms with E-state index in [1.165, 1.54) is 12.1 Å². The summed E-state index contributed by atoms with van der Waals surface area (Å²) in [4.78, 5) is 52.9. The number of aromatic amines is 1. The Morgan fingerprint density at radius 1 is 1.17 bits per heavy atom. The first-order valence-electron chi connectivity index (χ1n) is 9.30. The SMILES string of the molecule is CCOC(=O)[C@@H](Cc1c[nH]c2cc([N+](=O)[O-])ccc12)N1C(=O)c2ccccc2C1=O. The number of non-ortho nitro benzene ring substituents is 1. The molecule has 4 rings (SSSR count). The molecule has 3 aromatic rings. The van der Waals surface area contributed by atoms with E-state index in [-0.39, 0.29) is 29.8 Å². The molecule has 0 bridgehead atoms. The zero-order valence-electron chi connectivity index (χ0n) is 16.0. The highest BCUT2D eigenvalue weighted by Gasteiger charge is 2.43. The normalized spacial score (nSPS) is 14.1. The van der Waals surface area contributed by atoms with Gasteiger partial charge in [-0.3, -0.25) is 24.6 Å². The van der Waals surface area contributed by atoms with Crippen molar-refractivity contribution >= 4 is 34.4 Å². The number of imide groups is 1. The zero-order chi connectivity index (χ0) is 21.4. The number of amides is 2. The molecule has 9 heteroatoms. The van der Waals surface area contributed by atoms with Gasteiger partial charge < -0.3 is 9.72 Å². The summed E-state index contributed by atoms with van der Waals surface area (Å²) < 4.78 is 5.14. The number of esters is 1. The first-order chi connectivity index (χ1) is 14.4. The highest BCUT2D eigenvalue weighted by molar-refractivity contribution is 6.22. The molecule has 1 aliphatic heterocycles. The van der Waals surface area contributed by atoms with E-state index in [1.54, 1.807) is 43.5 Å². The Hall–Kier alpha value is -4.01. The topological polar surface area (TPSA) is 123 Å². The second-order valence-corrected chi connectivity index (χ2v) is 6.80. The van der Waals surface area contributed by atoms with E-state index in [0.29, 0.717) is 16.5 Å². The van der Waals surface area contributed by atoms with Crippen molar-refractivity contribution in [1.82, 2.24) is 9.88 Å². The minimum Gasteiger partial charge on any atom is -0.464 e. The van der Waals surface area contributed by atoms with Crippen molar-refractivity contribution in [3.8, 4) is 0 Å². The lowest BCUT2D eigenvalue weighted by molar-refractivity contribution is -0.384. The summed E-state index contributed by atoms with van der Waals surface area (Å²) in [6, 6.07) is 9.56. The number of fused-ring (bicyclic) bond motifs is 2. The number of benzene rings is 2. The van der Waals surface area contributed by atoms with E-state index in [1.807, 2.05) is 0 Å². The maximum atomic E-state index is 12.9. The number of hydrogen-bond donors (Lipinski definition) is 1. The molecule has 0 radical (unpaired) electrons. The van der Waals surface area contributed by atoms with E-state index in [2.05, 4.69) is 4.98 Å². The maximum Gasteiger partial charge on any atom is 0.329 e. The van der Waals surface area contributed by atoms with Crippen LogP contribution in [0.5, 0.6) is 0 Å². The predicted octanol–water partition coefficient (Wildman–Crippen LogP) is 2.85. The standard InChI is InChI=1S/C21H17N3O6/c1-2-30-21(27)18(23-19(25)15-5-3-4-6-16(15)20(23)26)9-12-11-22-17-10-13(24(28)29)7-8-14(12)17/h3-8,10-11,18,22H,2,9H2,1H3/t18-/m1/s1. The van der Waals surface area contributed by atoms with E-state index in [0.717, 1.165) is 4.90 Å². The van der Waals surface area contributed by atoms with Crippen molar-refractivity contribution in [2.45, 2.75) is 19.4 Å². The summed E-state index contributed by atoms with van der Waals surface area (Å²) in [6.07, 6.45) is 1.63. The summed E-state index contributed by atoms with van der Waals surface area (Å²) in [6.45, 7) is 1.74. The van der Waals surface area contributed by atoms with Gasteiger partial charge in [0.05, 0.1) is 28.2 Å². The van der Waals surface area contributed by atoms with E-state index >= 15 is 0 Å². The van der Waals surface area contributed by atoms with Gasteiger partial charge in [-0.2, -0.15) is 0 Å². The van der Waals surface area contributed by atoms with Gasteiger partial charge >= 0.3 is 5.97 Å². The van der Waals surface area contributed by atoms with Gasteiger partial charge in [0.15, 0.2) is 0 Å². The number of nitrogens with one attached hydrogen (secondary N) is 1. The predicted molar refractivity (Wildman–Crippen MR) is 106 cm³/mol. The van der Waals surface area contributed by atoms with E-state index in [4.69, 9.17) is 4.74 Å². The van der Waals surface area contributed by atoms with Gasteiger partial charge in [-0.15, -0.1) is 0 Å². The summed E-state index contributed by atoms with van der Waals surface area (Å²) >= 11 is 0. The summed E-state index contributed by atoms with van der Waals surface area (Å²) in [5, 5.41) is 11.7. The fraction of sp³-hybridized carbons (Fsp3) is 0.190. The molecular formula is C21H17N3O6. The van der Waals surface area contributed by atoms with Gasteiger partial charge in [0.2, 0.25) is 0 Å². The summed E-state index contributed by atoms with van der Waals surface area (Å²) in [7, 11) is 0. The Morgan fingerprint density at radius 3 is 2.43 bits per heavy atom. The van der Waals surface area contributed by atoms with Gasteiger partial charge in [0.25, 0.3) is 17.5 Å². The lowest BCUT2D eigenvalue weighted by Gasteiger charge is -2.24. The molecule has 0 saturated heterocycles. The van der Waals surface area contributed by atoms with Crippen LogP contribution in [-0.4, -0.2) is 45.2 Å². The highest BCUT2D eigenvalue weighted by atomic mass is 16.6. The number of carbonyl (C=O) groups excluding carboxylic acids is 3. The molecule has 30 heavy (non-hydrogen) atoms. The second-order valence-electron chi connectivity index (χ2n) is 6.80. The average Bonchev–Trinajstić information content (AvgIpc) is 3.25. The van der Waals surface area contributed by atoms with Crippen LogP contribution < -0.4 is 0 Å². The number of ether oxygens (including phenoxy) is 1. The third-order valence-corrected chi connectivity index (χ3v) is 5.07. The first kappa shape index (κ1) is 19.3. The summed E-state index contributed by atoms with van der Waals surface area (Å²) in [5.74, 6) is -1.79. The third-order valence-electron chi connectivity index (χ3n) is 5.07. The van der Waals surface area contributed by atoms with Crippen molar-refractivity contribution in [3.63, 3.8) is 0 Å². The third kappa shape index (κ3) is 3.10. The van der Waals surface area contributed by atoms with Crippen LogP contribution in [-0.2, 0) is 16.0 Å². The Morgan fingerprint density at radius 2 is 1.83 bits per heavy atom. The Labute approximate surface area is 170 Å². The molecule has 9 nitrogen and oxygen atoms in total. The Bertz CT molecular complexity index is 1160. The van der Waals surface area contributed by atoms with Crippen LogP contribution in [0.2, 0.25) is 0 Å². The molecule has 1 aromatic heterocycles. The van der Waals surface area contributed by atoms with Crippen molar-refractivity contribution in [1.29, 1.82) is 0 Å². The van der Waals surface area contributed by atoms with Gasteiger partial charge in [-0.25, -0.2) is 4.79 Å². The van der Waals surface area contributed by atoms with Crippen LogP contribution in [0.1, 0.15) is 33.2 Å². The largest absolute Gasteiger partial charge is 0.464 e. The van der Waals surface area contributed by atoms with E-state index in [9.17, 15) is 24.5 Å². The van der Waals surface area contributed by atoms with Gasteiger partial charge in [-0.1, -0.05) is 12.1 Å². The number of H-pyrrole nitrogens is 1. The van der Waals surface area contributed by atoms with Crippen LogP contribution in [0.25, 0.3) is 10.9 Å². The highest BCUT2D eigenvalue weighted by Crippen LogP contribution is 2.29. The van der Waals surface area contributed by atoms with Crippen LogP contribution in [0.15, 0.2) is 48.7 Å². The molecule has 0 fully saturated rings. The number of nitro groups is 1. The van der Waals surface area contributed by atoms with Gasteiger partial charge in [-0.05, 0) is 30.7 Å².